The Morgan fingerprint density at radius 3 is 1.74 bits per heavy atom. The maximum Gasteiger partial charge on any atom is 0.185 e. The van der Waals surface area contributed by atoms with Gasteiger partial charge in [-0.3, -0.25) is 14.5 Å². The van der Waals surface area contributed by atoms with Crippen molar-refractivity contribution in [1.82, 2.24) is 4.90 Å². The van der Waals surface area contributed by atoms with Crippen molar-refractivity contribution < 1.29 is 31.5 Å². The second-order valence-corrected chi connectivity index (χ2v) is 10.6. The van der Waals surface area contributed by atoms with Crippen LogP contribution < -0.4 is 4.90 Å². The molecule has 4 nitrogen and oxygen atoms in total. The molecule has 1 aliphatic carbocycles. The van der Waals surface area contributed by atoms with Crippen LogP contribution in [0.2, 0.25) is 0 Å². The van der Waals surface area contributed by atoms with Gasteiger partial charge in [-0.1, -0.05) is 12.1 Å². The molecule has 0 atom stereocenters. The van der Waals surface area contributed by atoms with E-state index in [1.165, 1.54) is 36.4 Å². The third-order valence-corrected chi connectivity index (χ3v) is 7.78. The van der Waals surface area contributed by atoms with Crippen LogP contribution in [-0.4, -0.2) is 49.2 Å². The van der Waals surface area contributed by atoms with Crippen LogP contribution in [0.3, 0.4) is 0 Å². The summed E-state index contributed by atoms with van der Waals surface area (Å²) in [5.74, 6) is -5.41. The quantitative estimate of drug-likeness (QED) is 0.233. The Bertz CT molecular complexity index is 1470. The lowest BCUT2D eigenvalue weighted by Gasteiger charge is -2.36. The minimum absolute atomic E-state index is 0.0455. The standard InChI is InChI=1S/C33H29F5N2O2/c34-26-3-5-27(6-4-26)40-13-11-39(12-14-40)10-9-32(41)23-19-24(15-21-1-7-28(35)30(37)17-21)33(42)25(20-23)16-22-2-8-29(36)31(38)18-22/h1-8,15-18,23H,9-14,19-20H2/b24-15+,25-16+. The zero-order chi connectivity index (χ0) is 29.8. The molecular formula is C33H29F5N2O2. The Kier molecular flexibility index (Phi) is 8.97. The van der Waals surface area contributed by atoms with E-state index in [1.807, 2.05) is 0 Å². The molecule has 0 radical (unpaired) electrons. The summed E-state index contributed by atoms with van der Waals surface area (Å²) in [7, 11) is 0. The van der Waals surface area contributed by atoms with Gasteiger partial charge in [0.25, 0.3) is 0 Å². The number of rotatable bonds is 7. The minimum Gasteiger partial charge on any atom is -0.369 e. The highest BCUT2D eigenvalue weighted by Crippen LogP contribution is 2.34. The highest BCUT2D eigenvalue weighted by atomic mass is 19.2. The first-order chi connectivity index (χ1) is 20.2. The van der Waals surface area contributed by atoms with E-state index in [2.05, 4.69) is 9.80 Å². The fourth-order valence-corrected chi connectivity index (χ4v) is 5.43. The number of Topliss-reactive ketones (excluding diaryl/α,β-unsaturated/α-hetero) is 2. The molecule has 1 aliphatic heterocycles. The molecule has 3 aromatic carbocycles. The summed E-state index contributed by atoms with van der Waals surface area (Å²) in [4.78, 5) is 31.1. The average molecular weight is 581 g/mol. The summed E-state index contributed by atoms with van der Waals surface area (Å²) in [6, 6.07) is 12.9. The predicted molar refractivity (Wildman–Crippen MR) is 151 cm³/mol. The summed E-state index contributed by atoms with van der Waals surface area (Å²) in [5.41, 5.74) is 2.01. The molecule has 2 fully saturated rings. The van der Waals surface area contributed by atoms with Crippen LogP contribution >= 0.6 is 0 Å². The van der Waals surface area contributed by atoms with Gasteiger partial charge in [-0.2, -0.15) is 0 Å². The molecule has 9 heteroatoms. The summed E-state index contributed by atoms with van der Waals surface area (Å²) in [6.07, 6.45) is 3.40. The van der Waals surface area contributed by atoms with Crippen molar-refractivity contribution in [1.29, 1.82) is 0 Å². The second kappa shape index (κ2) is 12.8. The molecule has 218 valence electrons. The van der Waals surface area contributed by atoms with Gasteiger partial charge in [0.15, 0.2) is 29.1 Å². The number of nitrogens with zero attached hydrogens (tertiary/aromatic N) is 2. The van der Waals surface area contributed by atoms with Crippen molar-refractivity contribution in [3.63, 3.8) is 0 Å². The lowest BCUT2D eigenvalue weighted by molar-refractivity contribution is -0.124. The molecule has 0 N–H and O–H groups in total. The maximum atomic E-state index is 13.8. The fraction of sp³-hybridized carbons (Fsp3) is 0.273. The number of halogens is 5. The number of carbonyl (C=O) groups is 2. The van der Waals surface area contributed by atoms with Gasteiger partial charge in [0, 0.05) is 61.9 Å². The molecule has 0 unspecified atom stereocenters. The van der Waals surface area contributed by atoms with E-state index in [9.17, 15) is 31.5 Å². The molecule has 0 aromatic heterocycles. The molecule has 1 saturated carbocycles. The molecule has 0 amide bonds. The number of hydrogen-bond acceptors (Lipinski definition) is 4. The van der Waals surface area contributed by atoms with Crippen LogP contribution in [-0.2, 0) is 9.59 Å². The van der Waals surface area contributed by atoms with E-state index in [4.69, 9.17) is 0 Å². The lowest BCUT2D eigenvalue weighted by atomic mass is 9.77. The van der Waals surface area contributed by atoms with E-state index in [1.54, 1.807) is 12.1 Å². The van der Waals surface area contributed by atoms with Crippen molar-refractivity contribution in [2.75, 3.05) is 37.6 Å². The third kappa shape index (κ3) is 7.02. The Balaban J connectivity index is 1.29. The van der Waals surface area contributed by atoms with Gasteiger partial charge in [-0.25, -0.2) is 22.0 Å². The highest BCUT2D eigenvalue weighted by molar-refractivity contribution is 6.15. The van der Waals surface area contributed by atoms with Gasteiger partial charge < -0.3 is 4.90 Å². The number of hydrogen-bond donors (Lipinski definition) is 0. The van der Waals surface area contributed by atoms with Crippen LogP contribution in [0.1, 0.15) is 30.4 Å². The smallest absolute Gasteiger partial charge is 0.185 e. The van der Waals surface area contributed by atoms with Crippen LogP contribution in [0.4, 0.5) is 27.6 Å². The van der Waals surface area contributed by atoms with Gasteiger partial charge in [0.05, 0.1) is 0 Å². The Morgan fingerprint density at radius 2 is 1.24 bits per heavy atom. The highest BCUT2D eigenvalue weighted by Gasteiger charge is 2.32. The first-order valence-corrected chi connectivity index (χ1v) is 13.8. The summed E-state index contributed by atoms with van der Waals surface area (Å²) in [5, 5.41) is 0. The van der Waals surface area contributed by atoms with Gasteiger partial charge in [-0.05, 0) is 84.7 Å². The topological polar surface area (TPSA) is 40.6 Å². The van der Waals surface area contributed by atoms with E-state index in [0.29, 0.717) is 6.54 Å². The van der Waals surface area contributed by atoms with Crippen molar-refractivity contribution in [3.05, 3.63) is 112 Å². The number of carbonyl (C=O) groups excluding carboxylic acids is 2. The first-order valence-electron chi connectivity index (χ1n) is 13.8. The number of allylic oxidation sites excluding steroid dienone is 2. The molecule has 0 spiro atoms. The largest absolute Gasteiger partial charge is 0.369 e. The third-order valence-electron chi connectivity index (χ3n) is 7.78. The van der Waals surface area contributed by atoms with Crippen molar-refractivity contribution in [2.45, 2.75) is 19.3 Å². The van der Waals surface area contributed by atoms with Crippen LogP contribution in [0, 0.1) is 35.0 Å². The Morgan fingerprint density at radius 1 is 0.714 bits per heavy atom. The number of benzene rings is 3. The molecule has 3 aromatic rings. The average Bonchev–Trinajstić information content (AvgIpc) is 2.98. The van der Waals surface area contributed by atoms with Crippen LogP contribution in [0.15, 0.2) is 71.8 Å². The summed E-state index contributed by atoms with van der Waals surface area (Å²) < 4.78 is 67.8. The van der Waals surface area contributed by atoms with E-state index >= 15 is 0 Å². The molecule has 1 heterocycles. The van der Waals surface area contributed by atoms with Crippen molar-refractivity contribution in [2.24, 2.45) is 5.92 Å². The molecule has 0 bridgehead atoms. The van der Waals surface area contributed by atoms with Gasteiger partial charge in [0.1, 0.15) is 11.6 Å². The lowest BCUT2D eigenvalue weighted by Crippen LogP contribution is -2.47. The van der Waals surface area contributed by atoms with Gasteiger partial charge in [-0.15, -0.1) is 0 Å². The van der Waals surface area contributed by atoms with Crippen molar-refractivity contribution in [3.8, 4) is 0 Å². The number of piperazine rings is 1. The molecule has 2 aliphatic rings. The number of ketones is 2. The van der Waals surface area contributed by atoms with Crippen molar-refractivity contribution >= 4 is 29.4 Å². The Labute approximate surface area is 240 Å². The molecule has 5 rings (SSSR count). The molecule has 42 heavy (non-hydrogen) atoms. The van der Waals surface area contributed by atoms with Gasteiger partial charge in [0.2, 0.25) is 0 Å². The van der Waals surface area contributed by atoms with Crippen LogP contribution in [0.5, 0.6) is 0 Å². The van der Waals surface area contributed by atoms with Crippen LogP contribution in [0.25, 0.3) is 12.2 Å². The predicted octanol–water partition coefficient (Wildman–Crippen LogP) is 6.61. The fourth-order valence-electron chi connectivity index (χ4n) is 5.43. The minimum atomic E-state index is -1.06. The summed E-state index contributed by atoms with van der Waals surface area (Å²) >= 11 is 0. The SMILES string of the molecule is O=C1/C(=C/c2ccc(F)c(F)c2)CC(C(=O)CCN2CCN(c3ccc(F)cc3)CC2)C/C1=C\c1ccc(F)c(F)c1. The normalized spacial score (nSPS) is 20.0. The Hall–Kier alpha value is -4.11. The van der Waals surface area contributed by atoms with Gasteiger partial charge >= 0.3 is 0 Å². The van der Waals surface area contributed by atoms with E-state index in [-0.39, 0.29) is 58.9 Å². The zero-order valence-electron chi connectivity index (χ0n) is 22.8. The number of anilines is 1. The molecule has 1 saturated heterocycles. The molecular weight excluding hydrogens is 551 g/mol. The van der Waals surface area contributed by atoms with E-state index in [0.717, 1.165) is 56.1 Å². The monoisotopic (exact) mass is 580 g/mol. The maximum absolute atomic E-state index is 13.8. The summed E-state index contributed by atoms with van der Waals surface area (Å²) in [6.45, 7) is 3.47. The second-order valence-electron chi connectivity index (χ2n) is 10.6. The van der Waals surface area contributed by atoms with E-state index < -0.39 is 29.2 Å². The zero-order valence-corrected chi connectivity index (χ0v) is 22.8. The first kappa shape index (κ1) is 29.4.